The van der Waals surface area contributed by atoms with Gasteiger partial charge in [-0.2, -0.15) is 9.61 Å². The van der Waals surface area contributed by atoms with E-state index in [9.17, 15) is 4.79 Å². The molecule has 7 nitrogen and oxygen atoms in total. The first kappa shape index (κ1) is 13.5. The third-order valence-corrected chi connectivity index (χ3v) is 3.68. The van der Waals surface area contributed by atoms with Crippen LogP contribution in [0.4, 0.5) is 0 Å². The van der Waals surface area contributed by atoms with Crippen molar-refractivity contribution in [2.45, 2.75) is 13.5 Å². The minimum atomic E-state index is -0.257. The van der Waals surface area contributed by atoms with Crippen molar-refractivity contribution in [1.29, 1.82) is 0 Å². The quantitative estimate of drug-likeness (QED) is 0.726. The molecule has 0 aliphatic carbocycles. The average Bonchev–Trinajstić information content (AvgIpc) is 2.93. The molecule has 0 aliphatic rings. The minimum Gasteiger partial charge on any atom is -0.497 e. The standard InChI is InChI=1S/C13H12N4O3S/c1-8-12(18)17-13(15-14-8)21-11(16-17)7-20-10-5-3-9(19-2)4-6-10/h3-6H,7H2,1-2H3. The molecule has 2 aromatic heterocycles. The molecule has 0 aliphatic heterocycles. The molecule has 21 heavy (non-hydrogen) atoms. The van der Waals surface area contributed by atoms with Crippen molar-refractivity contribution in [2.24, 2.45) is 0 Å². The molecule has 0 atom stereocenters. The zero-order chi connectivity index (χ0) is 14.8. The van der Waals surface area contributed by atoms with Crippen LogP contribution >= 0.6 is 11.3 Å². The van der Waals surface area contributed by atoms with Gasteiger partial charge in [0.2, 0.25) is 4.96 Å². The fourth-order valence-corrected chi connectivity index (χ4v) is 2.45. The summed E-state index contributed by atoms with van der Waals surface area (Å²) < 4.78 is 11.9. The zero-order valence-electron chi connectivity index (χ0n) is 11.4. The van der Waals surface area contributed by atoms with Crippen molar-refractivity contribution < 1.29 is 9.47 Å². The second-order valence-corrected chi connectivity index (χ2v) is 5.29. The summed E-state index contributed by atoms with van der Waals surface area (Å²) in [6.07, 6.45) is 0. The van der Waals surface area contributed by atoms with Gasteiger partial charge in [-0.3, -0.25) is 4.79 Å². The highest BCUT2D eigenvalue weighted by atomic mass is 32.1. The van der Waals surface area contributed by atoms with Gasteiger partial charge in [-0.15, -0.1) is 10.2 Å². The van der Waals surface area contributed by atoms with Crippen LogP contribution < -0.4 is 15.0 Å². The largest absolute Gasteiger partial charge is 0.497 e. The number of fused-ring (bicyclic) bond motifs is 1. The minimum absolute atomic E-state index is 0.257. The van der Waals surface area contributed by atoms with Crippen LogP contribution in [0.2, 0.25) is 0 Å². The van der Waals surface area contributed by atoms with Gasteiger partial charge in [-0.25, -0.2) is 0 Å². The van der Waals surface area contributed by atoms with Crippen LogP contribution in [0.15, 0.2) is 29.1 Å². The Labute approximate surface area is 123 Å². The lowest BCUT2D eigenvalue weighted by molar-refractivity contribution is 0.303. The van der Waals surface area contributed by atoms with Crippen molar-refractivity contribution in [3.05, 3.63) is 45.3 Å². The number of rotatable bonds is 4. The molecule has 0 saturated heterocycles. The number of hydrogen-bond donors (Lipinski definition) is 0. The Kier molecular flexibility index (Phi) is 3.53. The third-order valence-electron chi connectivity index (χ3n) is 2.81. The van der Waals surface area contributed by atoms with Gasteiger partial charge in [0, 0.05) is 0 Å². The second kappa shape index (κ2) is 5.49. The SMILES string of the molecule is COc1ccc(OCc2nn3c(=O)c(C)nnc3s2)cc1. The van der Waals surface area contributed by atoms with Crippen molar-refractivity contribution in [3.63, 3.8) is 0 Å². The molecule has 0 radical (unpaired) electrons. The maximum absolute atomic E-state index is 11.8. The molecule has 3 aromatic rings. The van der Waals surface area contributed by atoms with E-state index >= 15 is 0 Å². The Hall–Kier alpha value is -2.48. The molecule has 0 N–H and O–H groups in total. The topological polar surface area (TPSA) is 78.6 Å². The van der Waals surface area contributed by atoms with E-state index in [4.69, 9.17) is 9.47 Å². The molecular formula is C13H12N4O3S. The first-order chi connectivity index (χ1) is 10.2. The van der Waals surface area contributed by atoms with Crippen molar-refractivity contribution >= 4 is 16.3 Å². The van der Waals surface area contributed by atoms with E-state index in [1.165, 1.54) is 15.9 Å². The van der Waals surface area contributed by atoms with Crippen LogP contribution in [0, 0.1) is 6.92 Å². The van der Waals surface area contributed by atoms with E-state index in [-0.39, 0.29) is 12.2 Å². The van der Waals surface area contributed by atoms with Crippen LogP contribution in [0.3, 0.4) is 0 Å². The highest BCUT2D eigenvalue weighted by molar-refractivity contribution is 7.16. The highest BCUT2D eigenvalue weighted by Gasteiger charge is 2.09. The van der Waals surface area contributed by atoms with Crippen molar-refractivity contribution in [3.8, 4) is 11.5 Å². The summed E-state index contributed by atoms with van der Waals surface area (Å²) in [7, 11) is 1.61. The van der Waals surface area contributed by atoms with Gasteiger partial charge in [0.1, 0.15) is 23.8 Å². The summed E-state index contributed by atoms with van der Waals surface area (Å²) >= 11 is 1.28. The van der Waals surface area contributed by atoms with Gasteiger partial charge in [0.15, 0.2) is 5.01 Å². The lowest BCUT2D eigenvalue weighted by Crippen LogP contribution is -2.19. The molecule has 0 unspecified atom stereocenters. The number of ether oxygens (including phenoxy) is 2. The Morgan fingerprint density at radius 2 is 1.90 bits per heavy atom. The summed E-state index contributed by atoms with van der Waals surface area (Å²) in [5.41, 5.74) is 0.0624. The monoisotopic (exact) mass is 304 g/mol. The molecule has 108 valence electrons. The number of aryl methyl sites for hydroxylation is 1. The number of benzene rings is 1. The summed E-state index contributed by atoms with van der Waals surface area (Å²) in [6.45, 7) is 1.87. The third kappa shape index (κ3) is 2.70. The van der Waals surface area contributed by atoms with Gasteiger partial charge in [-0.05, 0) is 31.2 Å². The lowest BCUT2D eigenvalue weighted by atomic mass is 10.3. The van der Waals surface area contributed by atoms with Gasteiger partial charge in [-0.1, -0.05) is 11.3 Å². The molecule has 8 heteroatoms. The Bertz CT molecular complexity index is 826. The van der Waals surface area contributed by atoms with Gasteiger partial charge in [0.05, 0.1) is 7.11 Å². The molecule has 0 bridgehead atoms. The highest BCUT2D eigenvalue weighted by Crippen LogP contribution is 2.19. The van der Waals surface area contributed by atoms with Crippen LogP contribution in [-0.4, -0.2) is 26.9 Å². The Morgan fingerprint density at radius 3 is 2.62 bits per heavy atom. The normalized spacial score (nSPS) is 10.8. The van der Waals surface area contributed by atoms with E-state index in [0.717, 1.165) is 5.75 Å². The van der Waals surface area contributed by atoms with E-state index in [1.807, 2.05) is 24.3 Å². The molecule has 0 spiro atoms. The Morgan fingerprint density at radius 1 is 1.19 bits per heavy atom. The Balaban J connectivity index is 1.78. The number of hydrogen-bond acceptors (Lipinski definition) is 7. The van der Waals surface area contributed by atoms with Crippen molar-refractivity contribution in [2.75, 3.05) is 7.11 Å². The van der Waals surface area contributed by atoms with Crippen LogP contribution in [0.1, 0.15) is 10.7 Å². The van der Waals surface area contributed by atoms with Crippen LogP contribution in [0.25, 0.3) is 4.96 Å². The number of nitrogens with zero attached hydrogens (tertiary/aromatic N) is 4. The predicted octanol–water partition coefficient (Wildman–Crippen LogP) is 1.44. The van der Waals surface area contributed by atoms with Crippen LogP contribution in [0.5, 0.6) is 11.5 Å². The van der Waals surface area contributed by atoms with Crippen LogP contribution in [-0.2, 0) is 6.61 Å². The summed E-state index contributed by atoms with van der Waals surface area (Å²) in [5.74, 6) is 1.46. The van der Waals surface area contributed by atoms with Gasteiger partial charge in [0.25, 0.3) is 5.56 Å². The maximum Gasteiger partial charge on any atom is 0.296 e. The zero-order valence-corrected chi connectivity index (χ0v) is 12.3. The molecule has 2 heterocycles. The molecule has 0 amide bonds. The number of aromatic nitrogens is 4. The number of methoxy groups -OCH3 is 1. The molecule has 3 rings (SSSR count). The van der Waals surface area contributed by atoms with E-state index < -0.39 is 0 Å². The molecule has 0 fully saturated rings. The molecule has 1 aromatic carbocycles. The first-order valence-corrected chi connectivity index (χ1v) is 6.98. The second-order valence-electron chi connectivity index (χ2n) is 4.24. The van der Waals surface area contributed by atoms with Crippen molar-refractivity contribution in [1.82, 2.24) is 19.8 Å². The fraction of sp³-hybridized carbons (Fsp3) is 0.231. The predicted molar refractivity (Wildman–Crippen MR) is 77.0 cm³/mol. The van der Waals surface area contributed by atoms with E-state index in [1.54, 1.807) is 14.0 Å². The summed E-state index contributed by atoms with van der Waals surface area (Å²) in [6, 6.07) is 7.24. The average molecular weight is 304 g/mol. The fourth-order valence-electron chi connectivity index (χ4n) is 1.71. The van der Waals surface area contributed by atoms with E-state index in [2.05, 4.69) is 15.3 Å². The van der Waals surface area contributed by atoms with Gasteiger partial charge < -0.3 is 9.47 Å². The lowest BCUT2D eigenvalue weighted by Gasteiger charge is -2.04. The molecule has 0 saturated carbocycles. The molecular weight excluding hydrogens is 292 g/mol. The van der Waals surface area contributed by atoms with E-state index in [0.29, 0.717) is 21.4 Å². The summed E-state index contributed by atoms with van der Waals surface area (Å²) in [5, 5.41) is 12.6. The summed E-state index contributed by atoms with van der Waals surface area (Å²) in [4.78, 5) is 12.3. The smallest absolute Gasteiger partial charge is 0.296 e. The first-order valence-electron chi connectivity index (χ1n) is 6.16. The maximum atomic E-state index is 11.8. The van der Waals surface area contributed by atoms with Gasteiger partial charge >= 0.3 is 0 Å².